The van der Waals surface area contributed by atoms with Crippen LogP contribution in [-0.2, 0) is 17.0 Å². The molecule has 0 amide bonds. The van der Waals surface area contributed by atoms with Crippen LogP contribution in [0.5, 0.6) is 0 Å². The molecule has 1 heterocycles. The van der Waals surface area contributed by atoms with Crippen molar-refractivity contribution in [1.82, 2.24) is 10.1 Å². The van der Waals surface area contributed by atoms with Crippen molar-refractivity contribution in [2.75, 3.05) is 0 Å². The van der Waals surface area contributed by atoms with E-state index in [4.69, 9.17) is 4.52 Å². The summed E-state index contributed by atoms with van der Waals surface area (Å²) in [6, 6.07) is 0. The molecule has 0 aromatic carbocycles. The highest BCUT2D eigenvalue weighted by Gasteiger charge is 2.11. The zero-order valence-electron chi connectivity index (χ0n) is 10.7. The third kappa shape index (κ3) is 5.35. The van der Waals surface area contributed by atoms with E-state index in [0.29, 0.717) is 23.4 Å². The lowest BCUT2D eigenvalue weighted by molar-refractivity contribution is -0.118. The quantitative estimate of drug-likeness (QED) is 0.715. The van der Waals surface area contributed by atoms with Gasteiger partial charge in [-0.2, -0.15) is 16.7 Å². The number of aromatic nitrogens is 2. The smallest absolute Gasteiger partial charge is 0.234 e. The molecule has 96 valence electrons. The van der Waals surface area contributed by atoms with E-state index in [0.717, 1.165) is 18.6 Å². The van der Waals surface area contributed by atoms with Crippen molar-refractivity contribution in [3.05, 3.63) is 11.7 Å². The van der Waals surface area contributed by atoms with Crippen LogP contribution in [0.25, 0.3) is 0 Å². The van der Waals surface area contributed by atoms with Gasteiger partial charge in [0.2, 0.25) is 5.89 Å². The molecule has 4 nitrogen and oxygen atoms in total. The fourth-order valence-corrected chi connectivity index (χ4v) is 2.08. The number of carbonyl (C=O) groups excluding carboxylic acids is 1. The van der Waals surface area contributed by atoms with Gasteiger partial charge < -0.3 is 4.52 Å². The monoisotopic (exact) mass is 256 g/mol. The molecule has 17 heavy (non-hydrogen) atoms. The summed E-state index contributed by atoms with van der Waals surface area (Å²) >= 11 is 1.80. The molecule has 5 heteroatoms. The van der Waals surface area contributed by atoms with Crippen LogP contribution in [0.3, 0.4) is 0 Å². The Bertz CT molecular complexity index is 352. The zero-order valence-corrected chi connectivity index (χ0v) is 11.5. The van der Waals surface area contributed by atoms with Crippen LogP contribution in [0, 0.1) is 0 Å². The van der Waals surface area contributed by atoms with E-state index >= 15 is 0 Å². The fourth-order valence-electron chi connectivity index (χ4n) is 1.29. The van der Waals surface area contributed by atoms with Crippen LogP contribution in [0.4, 0.5) is 0 Å². The first kappa shape index (κ1) is 14.2. The van der Waals surface area contributed by atoms with E-state index in [2.05, 4.69) is 24.0 Å². The number of hydrogen-bond acceptors (Lipinski definition) is 5. The van der Waals surface area contributed by atoms with Crippen molar-refractivity contribution in [3.63, 3.8) is 0 Å². The van der Waals surface area contributed by atoms with E-state index < -0.39 is 0 Å². The predicted molar refractivity (Wildman–Crippen MR) is 69.0 cm³/mol. The molecule has 0 N–H and O–H groups in total. The average Bonchev–Trinajstić information content (AvgIpc) is 2.74. The number of carbonyl (C=O) groups is 1. The number of ketones is 1. The van der Waals surface area contributed by atoms with Gasteiger partial charge in [-0.3, -0.25) is 4.79 Å². The molecule has 0 aliphatic heterocycles. The summed E-state index contributed by atoms with van der Waals surface area (Å²) in [5.41, 5.74) is 0. The zero-order chi connectivity index (χ0) is 12.7. The molecular weight excluding hydrogens is 236 g/mol. The number of rotatable bonds is 8. The van der Waals surface area contributed by atoms with Crippen molar-refractivity contribution < 1.29 is 9.32 Å². The molecule has 0 fully saturated rings. The Morgan fingerprint density at radius 1 is 1.47 bits per heavy atom. The second kappa shape index (κ2) is 7.48. The summed E-state index contributed by atoms with van der Waals surface area (Å²) in [4.78, 5) is 15.6. The molecule has 0 aliphatic carbocycles. The van der Waals surface area contributed by atoms with Gasteiger partial charge in [0.15, 0.2) is 5.82 Å². The highest BCUT2D eigenvalue weighted by Crippen LogP contribution is 2.18. The van der Waals surface area contributed by atoms with E-state index in [1.807, 2.05) is 6.92 Å². The second-order valence-electron chi connectivity index (χ2n) is 4.10. The van der Waals surface area contributed by atoms with Gasteiger partial charge in [-0.1, -0.05) is 25.9 Å². The van der Waals surface area contributed by atoms with Crippen LogP contribution in [0.2, 0.25) is 0 Å². The SMILES string of the molecule is CCCC(=O)Cc1nc(CSC(C)CC)no1. The Kier molecular flexibility index (Phi) is 6.26. The lowest BCUT2D eigenvalue weighted by Crippen LogP contribution is -2.02. The Morgan fingerprint density at radius 2 is 2.24 bits per heavy atom. The summed E-state index contributed by atoms with van der Waals surface area (Å²) in [7, 11) is 0. The van der Waals surface area contributed by atoms with E-state index in [-0.39, 0.29) is 12.2 Å². The standard InChI is InChI=1S/C12H20N2O2S/c1-4-6-10(15)7-12-13-11(14-16-12)8-17-9(3)5-2/h9H,4-8H2,1-3H3. The van der Waals surface area contributed by atoms with Crippen molar-refractivity contribution in [2.24, 2.45) is 0 Å². The molecule has 0 aliphatic rings. The topological polar surface area (TPSA) is 56.0 Å². The third-order valence-electron chi connectivity index (χ3n) is 2.46. The van der Waals surface area contributed by atoms with Gasteiger partial charge in [-0.05, 0) is 12.8 Å². The van der Waals surface area contributed by atoms with Crippen LogP contribution < -0.4 is 0 Å². The van der Waals surface area contributed by atoms with Crippen molar-refractivity contribution in [2.45, 2.75) is 57.5 Å². The first-order valence-electron chi connectivity index (χ1n) is 6.10. The Hall–Kier alpha value is -0.840. The maximum atomic E-state index is 11.4. The van der Waals surface area contributed by atoms with Gasteiger partial charge in [0.05, 0.1) is 12.2 Å². The second-order valence-corrected chi connectivity index (χ2v) is 5.53. The minimum Gasteiger partial charge on any atom is -0.339 e. The highest BCUT2D eigenvalue weighted by atomic mass is 32.2. The molecule has 1 unspecified atom stereocenters. The minimum absolute atomic E-state index is 0.164. The molecule has 0 radical (unpaired) electrons. The van der Waals surface area contributed by atoms with Crippen LogP contribution >= 0.6 is 11.8 Å². The van der Waals surface area contributed by atoms with E-state index in [1.54, 1.807) is 11.8 Å². The Balaban J connectivity index is 2.39. The Labute approximate surface area is 107 Å². The molecule has 0 bridgehead atoms. The highest BCUT2D eigenvalue weighted by molar-refractivity contribution is 7.99. The van der Waals surface area contributed by atoms with Gasteiger partial charge in [-0.15, -0.1) is 0 Å². The van der Waals surface area contributed by atoms with Crippen LogP contribution in [0.1, 0.15) is 51.7 Å². The molecule has 0 saturated heterocycles. The lowest BCUT2D eigenvalue weighted by Gasteiger charge is -2.04. The predicted octanol–water partition coefficient (Wildman–Crippen LogP) is 3.01. The molecule has 1 aromatic rings. The third-order valence-corrected chi connectivity index (χ3v) is 3.79. The van der Waals surface area contributed by atoms with Crippen LogP contribution in [0.15, 0.2) is 4.52 Å². The molecule has 0 spiro atoms. The molecule has 1 atom stereocenters. The van der Waals surface area contributed by atoms with Crippen molar-refractivity contribution in [1.29, 1.82) is 0 Å². The minimum atomic E-state index is 0.164. The lowest BCUT2D eigenvalue weighted by atomic mass is 10.2. The largest absolute Gasteiger partial charge is 0.339 e. The number of hydrogen-bond donors (Lipinski definition) is 0. The normalized spacial score (nSPS) is 12.6. The number of thioether (sulfide) groups is 1. The summed E-state index contributed by atoms with van der Waals surface area (Å²) in [6.45, 7) is 6.32. The van der Waals surface area contributed by atoms with Crippen molar-refractivity contribution in [3.8, 4) is 0 Å². The summed E-state index contributed by atoms with van der Waals surface area (Å²) < 4.78 is 5.05. The summed E-state index contributed by atoms with van der Waals surface area (Å²) in [6.07, 6.45) is 2.85. The number of nitrogens with zero attached hydrogens (tertiary/aromatic N) is 2. The molecule has 1 aromatic heterocycles. The van der Waals surface area contributed by atoms with Crippen molar-refractivity contribution >= 4 is 17.5 Å². The van der Waals surface area contributed by atoms with E-state index in [1.165, 1.54) is 0 Å². The number of Topliss-reactive ketones (excluding diaryl/α,β-unsaturated/α-hetero) is 1. The maximum Gasteiger partial charge on any atom is 0.234 e. The first-order chi connectivity index (χ1) is 8.15. The Morgan fingerprint density at radius 3 is 2.88 bits per heavy atom. The average molecular weight is 256 g/mol. The van der Waals surface area contributed by atoms with Gasteiger partial charge in [-0.25, -0.2) is 0 Å². The van der Waals surface area contributed by atoms with E-state index in [9.17, 15) is 4.79 Å². The van der Waals surface area contributed by atoms with Gasteiger partial charge in [0.1, 0.15) is 5.78 Å². The molecule has 0 saturated carbocycles. The maximum absolute atomic E-state index is 11.4. The summed E-state index contributed by atoms with van der Waals surface area (Å²) in [5.74, 6) is 2.05. The van der Waals surface area contributed by atoms with Gasteiger partial charge in [0, 0.05) is 11.7 Å². The van der Waals surface area contributed by atoms with Crippen LogP contribution in [-0.4, -0.2) is 21.2 Å². The molecular formula is C12H20N2O2S. The van der Waals surface area contributed by atoms with Gasteiger partial charge >= 0.3 is 0 Å². The summed E-state index contributed by atoms with van der Waals surface area (Å²) in [5, 5.41) is 4.47. The fraction of sp³-hybridized carbons (Fsp3) is 0.750. The first-order valence-corrected chi connectivity index (χ1v) is 7.15. The van der Waals surface area contributed by atoms with Gasteiger partial charge in [0.25, 0.3) is 0 Å². The molecule has 1 rings (SSSR count).